The maximum absolute atomic E-state index is 12.6. The van der Waals surface area contributed by atoms with Gasteiger partial charge in [0.1, 0.15) is 12.0 Å². The highest BCUT2D eigenvalue weighted by atomic mass is 35.5. The van der Waals surface area contributed by atoms with Crippen LogP contribution in [-0.4, -0.2) is 23.7 Å². The van der Waals surface area contributed by atoms with Crippen LogP contribution in [0.2, 0.25) is 10.0 Å². The molecule has 1 fully saturated rings. The summed E-state index contributed by atoms with van der Waals surface area (Å²) >= 11 is 14.0. The summed E-state index contributed by atoms with van der Waals surface area (Å²) in [5.41, 5.74) is 2.29. The van der Waals surface area contributed by atoms with Gasteiger partial charge in [-0.05, 0) is 59.7 Å². The number of non-ortho nitro benzene ring substituents is 1. The number of hydrogen-bond donors (Lipinski definition) is 0. The quantitative estimate of drug-likeness (QED) is 0.278. The van der Waals surface area contributed by atoms with Crippen molar-refractivity contribution < 1.29 is 19.2 Å². The number of carbonyl (C=O) groups excluding carboxylic acids is 1. The molecule has 0 N–H and O–H groups in total. The Balaban J connectivity index is 1.58. The molecule has 1 saturated heterocycles. The van der Waals surface area contributed by atoms with Gasteiger partial charge in [-0.1, -0.05) is 23.2 Å². The van der Waals surface area contributed by atoms with Crippen LogP contribution in [0.4, 0.5) is 11.4 Å². The van der Waals surface area contributed by atoms with E-state index in [9.17, 15) is 14.9 Å². The number of anilines is 1. The molecule has 4 rings (SSSR count). The van der Waals surface area contributed by atoms with Crippen molar-refractivity contribution >= 4 is 52.2 Å². The molecule has 1 heterocycles. The Labute approximate surface area is 204 Å². The minimum Gasteiger partial charge on any atom is -0.493 e. The summed E-state index contributed by atoms with van der Waals surface area (Å²) in [5, 5.41) is 11.5. The molecule has 3 aromatic rings. The Bertz CT molecular complexity index is 1190. The van der Waals surface area contributed by atoms with Crippen molar-refractivity contribution in [3.05, 3.63) is 92.0 Å². The fraction of sp³-hybridized carbons (Fsp3) is 0.174. The SMILES string of the molecule is COc1cc([C@@H]2SCC(=O)N2c2ccc(Cl)cc2)cc(Cl)c1OCc1ccc([N+](=O)[O-])cc1. The average Bonchev–Trinajstić information content (AvgIpc) is 3.20. The van der Waals surface area contributed by atoms with Crippen LogP contribution in [-0.2, 0) is 11.4 Å². The third-order valence-electron chi connectivity index (χ3n) is 5.04. The number of nitro benzene ring substituents is 1. The number of halogens is 2. The maximum Gasteiger partial charge on any atom is 0.269 e. The van der Waals surface area contributed by atoms with E-state index >= 15 is 0 Å². The topological polar surface area (TPSA) is 81.9 Å². The summed E-state index contributed by atoms with van der Waals surface area (Å²) in [6.07, 6.45) is 0. The molecule has 7 nitrogen and oxygen atoms in total. The standard InChI is InChI=1S/C23H18Cl2N2O5S/c1-31-20-11-15(23-26(21(28)13-33-23)17-8-4-16(24)5-9-17)10-19(25)22(20)32-12-14-2-6-18(7-3-14)27(29)30/h2-11,23H,12-13H2,1H3/t23-/m0/s1. The molecule has 170 valence electrons. The minimum absolute atomic E-state index is 0.00701. The number of carbonyl (C=O) groups is 1. The lowest BCUT2D eigenvalue weighted by Gasteiger charge is -2.25. The van der Waals surface area contributed by atoms with Gasteiger partial charge in [0.25, 0.3) is 5.69 Å². The van der Waals surface area contributed by atoms with Crippen LogP contribution in [0.5, 0.6) is 11.5 Å². The number of nitrogens with zero attached hydrogens (tertiary/aromatic N) is 2. The number of hydrogen-bond acceptors (Lipinski definition) is 6. The van der Waals surface area contributed by atoms with E-state index in [0.29, 0.717) is 27.3 Å². The number of benzene rings is 3. The van der Waals surface area contributed by atoms with Gasteiger partial charge in [0.15, 0.2) is 11.5 Å². The van der Waals surface area contributed by atoms with E-state index in [2.05, 4.69) is 0 Å². The Hall–Kier alpha value is -2.94. The molecule has 0 bridgehead atoms. The Morgan fingerprint density at radius 3 is 2.45 bits per heavy atom. The molecule has 1 aliphatic rings. The zero-order valence-corrected chi connectivity index (χ0v) is 19.7. The average molecular weight is 505 g/mol. The van der Waals surface area contributed by atoms with Gasteiger partial charge >= 0.3 is 0 Å². The van der Waals surface area contributed by atoms with E-state index in [0.717, 1.165) is 16.8 Å². The summed E-state index contributed by atoms with van der Waals surface area (Å²) < 4.78 is 11.4. The van der Waals surface area contributed by atoms with Crippen LogP contribution >= 0.6 is 35.0 Å². The predicted octanol–water partition coefficient (Wildman–Crippen LogP) is 6.27. The monoisotopic (exact) mass is 504 g/mol. The molecule has 0 spiro atoms. The van der Waals surface area contributed by atoms with Crippen molar-refractivity contribution in [2.75, 3.05) is 17.8 Å². The maximum atomic E-state index is 12.6. The first-order valence-corrected chi connectivity index (χ1v) is 11.6. The van der Waals surface area contributed by atoms with Crippen molar-refractivity contribution in [3.8, 4) is 11.5 Å². The van der Waals surface area contributed by atoms with Crippen LogP contribution < -0.4 is 14.4 Å². The lowest BCUT2D eigenvalue weighted by atomic mass is 10.1. The number of methoxy groups -OCH3 is 1. The number of thioether (sulfide) groups is 1. The number of nitro groups is 1. The fourth-order valence-corrected chi connectivity index (χ4v) is 5.00. The summed E-state index contributed by atoms with van der Waals surface area (Å²) in [7, 11) is 1.51. The summed E-state index contributed by atoms with van der Waals surface area (Å²) in [6.45, 7) is 0.154. The predicted molar refractivity (Wildman–Crippen MR) is 130 cm³/mol. The minimum atomic E-state index is -0.456. The molecule has 1 atom stereocenters. The Morgan fingerprint density at radius 1 is 1.12 bits per heavy atom. The first-order valence-electron chi connectivity index (χ1n) is 9.80. The third-order valence-corrected chi connectivity index (χ3v) is 6.79. The van der Waals surface area contributed by atoms with Crippen molar-refractivity contribution in [1.29, 1.82) is 0 Å². The molecule has 0 unspecified atom stereocenters. The molecule has 3 aromatic carbocycles. The van der Waals surface area contributed by atoms with E-state index in [1.807, 2.05) is 0 Å². The fourth-order valence-electron chi connectivity index (χ4n) is 3.44. The Morgan fingerprint density at radius 2 is 1.82 bits per heavy atom. The van der Waals surface area contributed by atoms with E-state index < -0.39 is 4.92 Å². The number of ether oxygens (including phenoxy) is 2. The summed E-state index contributed by atoms with van der Waals surface area (Å²) in [5.74, 6) is 1.11. The van der Waals surface area contributed by atoms with Crippen molar-refractivity contribution in [2.24, 2.45) is 0 Å². The zero-order valence-electron chi connectivity index (χ0n) is 17.4. The van der Waals surface area contributed by atoms with Crippen LogP contribution in [0.25, 0.3) is 0 Å². The molecule has 1 amide bonds. The van der Waals surface area contributed by atoms with E-state index in [4.69, 9.17) is 32.7 Å². The second-order valence-electron chi connectivity index (χ2n) is 7.15. The van der Waals surface area contributed by atoms with Gasteiger partial charge in [0.05, 0.1) is 22.8 Å². The first-order chi connectivity index (χ1) is 15.9. The molecular weight excluding hydrogens is 487 g/mol. The molecule has 33 heavy (non-hydrogen) atoms. The van der Waals surface area contributed by atoms with Crippen molar-refractivity contribution in [2.45, 2.75) is 12.0 Å². The highest BCUT2D eigenvalue weighted by Gasteiger charge is 2.35. The molecule has 1 aliphatic heterocycles. The highest BCUT2D eigenvalue weighted by molar-refractivity contribution is 8.00. The second kappa shape index (κ2) is 9.91. The lowest BCUT2D eigenvalue weighted by molar-refractivity contribution is -0.384. The van der Waals surface area contributed by atoms with Gasteiger partial charge in [-0.3, -0.25) is 19.8 Å². The largest absolute Gasteiger partial charge is 0.493 e. The van der Waals surface area contributed by atoms with Gasteiger partial charge in [0, 0.05) is 22.8 Å². The number of rotatable bonds is 7. The molecular formula is C23H18Cl2N2O5S. The van der Waals surface area contributed by atoms with Gasteiger partial charge in [-0.2, -0.15) is 0 Å². The highest BCUT2D eigenvalue weighted by Crippen LogP contribution is 2.46. The Kier molecular flexibility index (Phi) is 6.97. The smallest absolute Gasteiger partial charge is 0.269 e. The molecule has 0 saturated carbocycles. The van der Waals surface area contributed by atoms with Gasteiger partial charge in [-0.25, -0.2) is 0 Å². The normalized spacial score (nSPS) is 15.5. The van der Waals surface area contributed by atoms with Crippen molar-refractivity contribution in [3.63, 3.8) is 0 Å². The molecule has 10 heteroatoms. The molecule has 0 aliphatic carbocycles. The number of amides is 1. The second-order valence-corrected chi connectivity index (χ2v) is 9.06. The van der Waals surface area contributed by atoms with Crippen LogP contribution in [0.3, 0.4) is 0 Å². The van der Waals surface area contributed by atoms with Crippen LogP contribution in [0, 0.1) is 10.1 Å². The van der Waals surface area contributed by atoms with Gasteiger partial charge in [0.2, 0.25) is 5.91 Å². The van der Waals surface area contributed by atoms with Crippen molar-refractivity contribution in [1.82, 2.24) is 0 Å². The van der Waals surface area contributed by atoms with E-state index in [1.54, 1.807) is 53.4 Å². The van der Waals surface area contributed by atoms with Crippen LogP contribution in [0.15, 0.2) is 60.7 Å². The molecule has 0 aromatic heterocycles. The summed E-state index contributed by atoms with van der Waals surface area (Å²) in [4.78, 5) is 24.7. The van der Waals surface area contributed by atoms with E-state index in [-0.39, 0.29) is 23.6 Å². The van der Waals surface area contributed by atoms with Crippen LogP contribution in [0.1, 0.15) is 16.5 Å². The third kappa shape index (κ3) is 5.03. The first kappa shape index (κ1) is 23.2. The van der Waals surface area contributed by atoms with Gasteiger partial charge in [-0.15, -0.1) is 11.8 Å². The molecule has 0 radical (unpaired) electrons. The van der Waals surface area contributed by atoms with Gasteiger partial charge < -0.3 is 9.47 Å². The van der Waals surface area contributed by atoms with E-state index in [1.165, 1.54) is 31.0 Å². The lowest BCUT2D eigenvalue weighted by Crippen LogP contribution is -2.27. The summed E-state index contributed by atoms with van der Waals surface area (Å²) in [6, 6.07) is 16.7. The zero-order chi connectivity index (χ0) is 23.5.